The van der Waals surface area contributed by atoms with Crippen molar-refractivity contribution in [1.29, 1.82) is 0 Å². The highest BCUT2D eigenvalue weighted by molar-refractivity contribution is 7.92. The summed E-state index contributed by atoms with van der Waals surface area (Å²) in [5.74, 6) is 0.107. The quantitative estimate of drug-likeness (QED) is 0.578. The Morgan fingerprint density at radius 1 is 1.14 bits per heavy atom. The van der Waals surface area contributed by atoms with Crippen LogP contribution in [0.2, 0.25) is 0 Å². The third kappa shape index (κ3) is 3.35. The van der Waals surface area contributed by atoms with Crippen LogP contribution in [0.15, 0.2) is 52.7 Å². The topological polar surface area (TPSA) is 50.3 Å². The van der Waals surface area contributed by atoms with Gasteiger partial charge in [-0.25, -0.2) is 13.4 Å². The van der Waals surface area contributed by atoms with Crippen LogP contribution in [0.25, 0.3) is 11.3 Å². The van der Waals surface area contributed by atoms with E-state index >= 15 is 0 Å². The molecule has 28 heavy (non-hydrogen) atoms. The molecule has 6 heteroatoms. The van der Waals surface area contributed by atoms with Gasteiger partial charge in [-0.15, -0.1) is 11.3 Å². The number of thiazole rings is 1. The van der Waals surface area contributed by atoms with Crippen LogP contribution in [0.1, 0.15) is 42.3 Å². The third-order valence-corrected chi connectivity index (χ3v) is 7.83. The van der Waals surface area contributed by atoms with E-state index < -0.39 is 10.0 Å². The average molecular weight is 413 g/mol. The molecule has 0 atom stereocenters. The van der Waals surface area contributed by atoms with Crippen LogP contribution in [0, 0.1) is 6.92 Å². The zero-order chi connectivity index (χ0) is 19.9. The van der Waals surface area contributed by atoms with Gasteiger partial charge in [-0.3, -0.25) is 4.31 Å². The number of aromatic nitrogens is 1. The highest BCUT2D eigenvalue weighted by Crippen LogP contribution is 2.36. The zero-order valence-corrected chi connectivity index (χ0v) is 18.0. The molecule has 0 spiro atoms. The molecule has 0 fully saturated rings. The van der Waals surface area contributed by atoms with Gasteiger partial charge in [0.1, 0.15) is 0 Å². The Hall–Kier alpha value is -2.18. The molecule has 2 heterocycles. The first kappa shape index (κ1) is 19.2. The maximum atomic E-state index is 13.8. The first-order valence-electron chi connectivity index (χ1n) is 9.55. The van der Waals surface area contributed by atoms with Crippen molar-refractivity contribution in [1.82, 2.24) is 4.98 Å². The number of hydrogen-bond acceptors (Lipinski definition) is 4. The van der Waals surface area contributed by atoms with Gasteiger partial charge in [0.05, 0.1) is 21.3 Å². The van der Waals surface area contributed by atoms with E-state index in [9.17, 15) is 8.42 Å². The van der Waals surface area contributed by atoms with Crippen LogP contribution in [0.3, 0.4) is 0 Å². The van der Waals surface area contributed by atoms with Crippen molar-refractivity contribution < 1.29 is 8.42 Å². The lowest BCUT2D eigenvalue weighted by atomic mass is 10.0. The molecule has 0 saturated carbocycles. The monoisotopic (exact) mass is 412 g/mol. The van der Waals surface area contributed by atoms with Crippen molar-refractivity contribution in [3.63, 3.8) is 0 Å². The van der Waals surface area contributed by atoms with E-state index in [0.717, 1.165) is 45.9 Å². The lowest BCUT2D eigenvalue weighted by molar-refractivity contribution is 0.584. The molecule has 3 aromatic rings. The fourth-order valence-corrected chi connectivity index (χ4v) is 6.30. The average Bonchev–Trinajstić information content (AvgIpc) is 3.13. The summed E-state index contributed by atoms with van der Waals surface area (Å²) in [4.78, 5) is 4.93. The smallest absolute Gasteiger partial charge is 0.264 e. The molecule has 0 bridgehead atoms. The van der Waals surface area contributed by atoms with Crippen molar-refractivity contribution >= 4 is 27.0 Å². The Balaban J connectivity index is 1.87. The molecule has 0 radical (unpaired) electrons. The van der Waals surface area contributed by atoms with Gasteiger partial charge in [-0.2, -0.15) is 0 Å². The molecule has 1 aliphatic rings. The molecule has 1 aromatic heterocycles. The fraction of sp³-hybridized carbons (Fsp3) is 0.318. The van der Waals surface area contributed by atoms with E-state index in [1.54, 1.807) is 21.7 Å². The normalized spacial score (nSPS) is 14.4. The van der Waals surface area contributed by atoms with E-state index in [1.165, 1.54) is 0 Å². The van der Waals surface area contributed by atoms with E-state index in [-0.39, 0.29) is 5.92 Å². The first-order chi connectivity index (χ1) is 13.4. The summed E-state index contributed by atoms with van der Waals surface area (Å²) in [6.07, 6.45) is 1.75. The van der Waals surface area contributed by atoms with Gasteiger partial charge in [0.2, 0.25) is 0 Å². The molecule has 146 valence electrons. The van der Waals surface area contributed by atoms with E-state index in [2.05, 4.69) is 4.98 Å². The number of fused-ring (bicyclic) bond motifs is 1. The molecule has 4 rings (SSSR count). The molecule has 4 nitrogen and oxygen atoms in total. The van der Waals surface area contributed by atoms with Gasteiger partial charge in [-0.1, -0.05) is 44.2 Å². The first-order valence-corrected chi connectivity index (χ1v) is 11.9. The van der Waals surface area contributed by atoms with Crippen LogP contribution in [0.4, 0.5) is 5.69 Å². The minimum absolute atomic E-state index is 0.107. The maximum absolute atomic E-state index is 13.8. The Bertz CT molecular complexity index is 1120. The molecule has 1 aliphatic heterocycles. The predicted octanol–water partition coefficient (Wildman–Crippen LogP) is 5.38. The van der Waals surface area contributed by atoms with E-state index in [4.69, 9.17) is 0 Å². The van der Waals surface area contributed by atoms with Crippen molar-refractivity contribution in [2.24, 2.45) is 0 Å². The Morgan fingerprint density at radius 3 is 2.64 bits per heavy atom. The maximum Gasteiger partial charge on any atom is 0.264 e. The molecular formula is C22H24N2O2S2. The standard InChI is InChI=1S/C22H24N2O2S2/c1-15(2)19-11-10-18(20-14-27-16(3)23-20)13-22(19)28(25,26)24-12-6-8-17-7-4-5-9-21(17)24/h4-5,7,9-11,13-15H,6,8,12H2,1-3H3. The lowest BCUT2D eigenvalue weighted by Crippen LogP contribution is -2.36. The van der Waals surface area contributed by atoms with Crippen LogP contribution in [-0.2, 0) is 16.4 Å². The van der Waals surface area contributed by atoms with Crippen molar-refractivity contribution in [3.8, 4) is 11.3 Å². The second kappa shape index (κ2) is 7.33. The highest BCUT2D eigenvalue weighted by atomic mass is 32.2. The molecule has 0 unspecified atom stereocenters. The van der Waals surface area contributed by atoms with Gasteiger partial charge >= 0.3 is 0 Å². The highest BCUT2D eigenvalue weighted by Gasteiger charge is 2.31. The summed E-state index contributed by atoms with van der Waals surface area (Å²) in [7, 11) is -3.67. The molecule has 0 N–H and O–H groups in total. The number of aryl methyl sites for hydroxylation is 2. The van der Waals surface area contributed by atoms with Crippen molar-refractivity contribution in [3.05, 3.63) is 64.0 Å². The number of anilines is 1. The number of para-hydroxylation sites is 1. The Labute approximate surface area is 170 Å². The number of sulfonamides is 1. The molecular weight excluding hydrogens is 388 g/mol. The second-order valence-corrected chi connectivity index (χ2v) is 10.4. The third-order valence-electron chi connectivity index (χ3n) is 5.19. The molecule has 0 saturated heterocycles. The van der Waals surface area contributed by atoms with Crippen LogP contribution >= 0.6 is 11.3 Å². The SMILES string of the molecule is Cc1nc(-c2ccc(C(C)C)c(S(=O)(=O)N3CCCc4ccccc43)c2)cs1. The summed E-state index contributed by atoms with van der Waals surface area (Å²) in [6.45, 7) is 6.53. The van der Waals surface area contributed by atoms with Crippen molar-refractivity contribution in [2.45, 2.75) is 44.4 Å². The van der Waals surface area contributed by atoms with E-state index in [1.807, 2.05) is 62.5 Å². The van der Waals surface area contributed by atoms with Crippen LogP contribution in [0.5, 0.6) is 0 Å². The van der Waals surface area contributed by atoms with Gasteiger partial charge in [-0.05, 0) is 48.9 Å². The van der Waals surface area contributed by atoms with Gasteiger partial charge < -0.3 is 0 Å². The van der Waals surface area contributed by atoms with E-state index in [0.29, 0.717) is 11.4 Å². The summed E-state index contributed by atoms with van der Waals surface area (Å²) in [6, 6.07) is 13.5. The Kier molecular flexibility index (Phi) is 5.02. The van der Waals surface area contributed by atoms with Gasteiger partial charge in [0, 0.05) is 17.5 Å². The fourth-order valence-electron chi connectivity index (χ4n) is 3.76. The van der Waals surface area contributed by atoms with Gasteiger partial charge in [0.25, 0.3) is 10.0 Å². The summed E-state index contributed by atoms with van der Waals surface area (Å²) < 4.78 is 29.1. The number of benzene rings is 2. The second-order valence-electron chi connectivity index (χ2n) is 7.47. The summed E-state index contributed by atoms with van der Waals surface area (Å²) in [5.41, 5.74) is 4.41. The number of rotatable bonds is 4. The number of nitrogens with zero attached hydrogens (tertiary/aromatic N) is 2. The largest absolute Gasteiger partial charge is 0.266 e. The minimum Gasteiger partial charge on any atom is -0.266 e. The molecule has 0 aliphatic carbocycles. The molecule has 2 aromatic carbocycles. The predicted molar refractivity (Wildman–Crippen MR) is 116 cm³/mol. The lowest BCUT2D eigenvalue weighted by Gasteiger charge is -2.31. The summed E-state index contributed by atoms with van der Waals surface area (Å²) in [5, 5.41) is 2.95. The van der Waals surface area contributed by atoms with Crippen molar-refractivity contribution in [2.75, 3.05) is 10.8 Å². The Morgan fingerprint density at radius 2 is 1.93 bits per heavy atom. The summed E-state index contributed by atoms with van der Waals surface area (Å²) >= 11 is 1.57. The molecule has 0 amide bonds. The van der Waals surface area contributed by atoms with Crippen LogP contribution in [-0.4, -0.2) is 19.9 Å². The number of hydrogen-bond donors (Lipinski definition) is 0. The van der Waals surface area contributed by atoms with Crippen LogP contribution < -0.4 is 4.31 Å². The zero-order valence-electron chi connectivity index (χ0n) is 16.3. The van der Waals surface area contributed by atoms with Gasteiger partial charge in [0.15, 0.2) is 0 Å². The minimum atomic E-state index is -3.67.